The monoisotopic (exact) mass is 334 g/mol. The van der Waals surface area contributed by atoms with Gasteiger partial charge in [-0.2, -0.15) is 10.4 Å². The molecule has 3 rings (SSSR count). The van der Waals surface area contributed by atoms with Crippen molar-refractivity contribution in [2.24, 2.45) is 0 Å². The van der Waals surface area contributed by atoms with Gasteiger partial charge in [0.15, 0.2) is 0 Å². The Morgan fingerprint density at radius 1 is 1.28 bits per heavy atom. The highest BCUT2D eigenvalue weighted by Gasteiger charge is 2.14. The maximum atomic E-state index is 13.0. The maximum Gasteiger partial charge on any atom is 0.251 e. The molecule has 1 amide bonds. The van der Waals surface area contributed by atoms with Crippen LogP contribution in [0.3, 0.4) is 0 Å². The van der Waals surface area contributed by atoms with Crippen LogP contribution >= 0.6 is 0 Å². The molecule has 25 heavy (non-hydrogen) atoms. The Morgan fingerprint density at radius 3 is 2.68 bits per heavy atom. The van der Waals surface area contributed by atoms with Gasteiger partial charge in [0.2, 0.25) is 0 Å². The molecule has 1 heterocycles. The van der Waals surface area contributed by atoms with Crippen molar-refractivity contribution >= 4 is 5.91 Å². The summed E-state index contributed by atoms with van der Waals surface area (Å²) < 4.78 is 13.0. The van der Waals surface area contributed by atoms with Crippen LogP contribution < -0.4 is 5.32 Å². The molecule has 0 saturated carbocycles. The third-order valence-electron chi connectivity index (χ3n) is 3.93. The first-order valence-electron chi connectivity index (χ1n) is 7.68. The summed E-state index contributed by atoms with van der Waals surface area (Å²) in [5.41, 5.74) is 3.06. The number of aromatic nitrogens is 2. The van der Waals surface area contributed by atoms with Crippen LogP contribution in [0.4, 0.5) is 4.39 Å². The molecule has 1 atom stereocenters. The zero-order valence-corrected chi connectivity index (χ0v) is 13.5. The lowest BCUT2D eigenvalue weighted by Gasteiger charge is -2.15. The summed E-state index contributed by atoms with van der Waals surface area (Å²) in [7, 11) is 0. The lowest BCUT2D eigenvalue weighted by molar-refractivity contribution is 0.0940. The van der Waals surface area contributed by atoms with E-state index in [1.807, 2.05) is 6.92 Å². The van der Waals surface area contributed by atoms with Gasteiger partial charge in [-0.15, -0.1) is 0 Å². The van der Waals surface area contributed by atoms with E-state index < -0.39 is 0 Å². The van der Waals surface area contributed by atoms with Crippen molar-refractivity contribution in [1.29, 1.82) is 5.26 Å². The average molecular weight is 334 g/mol. The third-order valence-corrected chi connectivity index (χ3v) is 3.93. The molecule has 5 nitrogen and oxygen atoms in total. The van der Waals surface area contributed by atoms with Crippen LogP contribution in [0.5, 0.6) is 0 Å². The number of carbonyl (C=O) groups is 1. The molecule has 6 heteroatoms. The number of rotatable bonds is 4. The van der Waals surface area contributed by atoms with E-state index in [0.29, 0.717) is 16.7 Å². The number of nitriles is 1. The molecule has 0 unspecified atom stereocenters. The molecule has 0 aliphatic rings. The number of carbonyl (C=O) groups excluding carboxylic acids is 1. The Morgan fingerprint density at radius 2 is 2.04 bits per heavy atom. The van der Waals surface area contributed by atoms with Gasteiger partial charge in [0.1, 0.15) is 5.82 Å². The van der Waals surface area contributed by atoms with E-state index in [4.69, 9.17) is 0 Å². The van der Waals surface area contributed by atoms with Crippen molar-refractivity contribution in [2.75, 3.05) is 0 Å². The van der Waals surface area contributed by atoms with Gasteiger partial charge in [-0.05, 0) is 36.8 Å². The van der Waals surface area contributed by atoms with Crippen molar-refractivity contribution < 1.29 is 9.18 Å². The molecule has 2 N–H and O–H groups in total. The highest BCUT2D eigenvalue weighted by Crippen LogP contribution is 2.23. The molecule has 0 aliphatic carbocycles. The zero-order chi connectivity index (χ0) is 17.8. The van der Waals surface area contributed by atoms with E-state index in [2.05, 4.69) is 21.6 Å². The van der Waals surface area contributed by atoms with E-state index >= 15 is 0 Å². The van der Waals surface area contributed by atoms with Crippen LogP contribution in [0.1, 0.15) is 34.5 Å². The first-order valence-corrected chi connectivity index (χ1v) is 7.68. The van der Waals surface area contributed by atoms with Crippen LogP contribution in [0.15, 0.2) is 54.9 Å². The van der Waals surface area contributed by atoms with Gasteiger partial charge in [-0.3, -0.25) is 9.89 Å². The second-order valence-corrected chi connectivity index (χ2v) is 5.61. The Balaban J connectivity index is 1.80. The maximum absolute atomic E-state index is 13.0. The number of hydrogen-bond acceptors (Lipinski definition) is 3. The largest absolute Gasteiger partial charge is 0.346 e. The number of H-pyrrole nitrogens is 1. The average Bonchev–Trinajstić information content (AvgIpc) is 3.16. The first kappa shape index (κ1) is 16.4. The fraction of sp³-hybridized carbons (Fsp3) is 0.105. The van der Waals surface area contributed by atoms with Crippen molar-refractivity contribution in [1.82, 2.24) is 15.5 Å². The fourth-order valence-electron chi connectivity index (χ4n) is 2.54. The molecule has 0 spiro atoms. The van der Waals surface area contributed by atoms with E-state index in [1.165, 1.54) is 12.1 Å². The van der Waals surface area contributed by atoms with E-state index in [1.54, 1.807) is 42.7 Å². The Labute approximate surface area is 144 Å². The molecular formula is C19H15FN4O. The van der Waals surface area contributed by atoms with Crippen LogP contribution in [0.25, 0.3) is 11.1 Å². The molecule has 0 bridgehead atoms. The lowest BCUT2D eigenvalue weighted by Crippen LogP contribution is -2.26. The number of benzene rings is 2. The fourth-order valence-corrected chi connectivity index (χ4v) is 2.54. The van der Waals surface area contributed by atoms with Gasteiger partial charge < -0.3 is 5.32 Å². The second kappa shape index (κ2) is 6.97. The number of amides is 1. The van der Waals surface area contributed by atoms with E-state index in [0.717, 1.165) is 11.1 Å². The summed E-state index contributed by atoms with van der Waals surface area (Å²) in [6, 6.07) is 12.7. The van der Waals surface area contributed by atoms with Gasteiger partial charge in [0.05, 0.1) is 23.9 Å². The van der Waals surface area contributed by atoms with E-state index in [9.17, 15) is 14.4 Å². The summed E-state index contributed by atoms with van der Waals surface area (Å²) in [6.07, 6.45) is 3.30. The molecule has 0 saturated heterocycles. The van der Waals surface area contributed by atoms with Crippen LogP contribution in [-0.4, -0.2) is 16.1 Å². The van der Waals surface area contributed by atoms with Crippen molar-refractivity contribution in [2.45, 2.75) is 13.0 Å². The van der Waals surface area contributed by atoms with Crippen LogP contribution in [0, 0.1) is 17.1 Å². The summed E-state index contributed by atoms with van der Waals surface area (Å²) in [5.74, 6) is -0.622. The summed E-state index contributed by atoms with van der Waals surface area (Å²) >= 11 is 0. The van der Waals surface area contributed by atoms with Crippen molar-refractivity contribution in [3.05, 3.63) is 77.4 Å². The lowest BCUT2D eigenvalue weighted by atomic mass is 10.00. The summed E-state index contributed by atoms with van der Waals surface area (Å²) in [6.45, 7) is 1.82. The smallest absolute Gasteiger partial charge is 0.251 e. The van der Waals surface area contributed by atoms with Gasteiger partial charge in [-0.25, -0.2) is 4.39 Å². The molecule has 0 fully saturated rings. The predicted octanol–water partition coefficient (Wildman–Crippen LogP) is 3.58. The minimum absolute atomic E-state index is 0.285. The molecule has 124 valence electrons. The predicted molar refractivity (Wildman–Crippen MR) is 91.0 cm³/mol. The SMILES string of the molecule is C[C@@H](NC(=O)c1ccc(-c2cn[nH]c2)c(C#N)c1)c1ccc(F)cc1. The van der Waals surface area contributed by atoms with Crippen LogP contribution in [-0.2, 0) is 0 Å². The molecular weight excluding hydrogens is 319 g/mol. The number of aromatic amines is 1. The quantitative estimate of drug-likeness (QED) is 0.765. The Kier molecular flexibility index (Phi) is 4.57. The highest BCUT2D eigenvalue weighted by molar-refractivity contribution is 5.95. The molecule has 0 aliphatic heterocycles. The summed E-state index contributed by atoms with van der Waals surface area (Å²) in [5, 5.41) is 18.8. The van der Waals surface area contributed by atoms with Gasteiger partial charge in [0.25, 0.3) is 5.91 Å². The minimum Gasteiger partial charge on any atom is -0.346 e. The molecule has 2 aromatic carbocycles. The van der Waals surface area contributed by atoms with E-state index in [-0.39, 0.29) is 17.8 Å². The number of halogens is 1. The molecule has 0 radical (unpaired) electrons. The molecule has 1 aromatic heterocycles. The Bertz CT molecular complexity index is 927. The second-order valence-electron chi connectivity index (χ2n) is 5.61. The normalized spacial score (nSPS) is 11.6. The van der Waals surface area contributed by atoms with Crippen molar-refractivity contribution in [3.63, 3.8) is 0 Å². The number of hydrogen-bond donors (Lipinski definition) is 2. The topological polar surface area (TPSA) is 81.6 Å². The van der Waals surface area contributed by atoms with Gasteiger partial charge in [0, 0.05) is 22.9 Å². The number of nitrogens with zero attached hydrogens (tertiary/aromatic N) is 2. The first-order chi connectivity index (χ1) is 12.1. The number of nitrogens with one attached hydrogen (secondary N) is 2. The Hall–Kier alpha value is -3.46. The minimum atomic E-state index is -0.323. The zero-order valence-electron chi connectivity index (χ0n) is 13.5. The summed E-state index contributed by atoms with van der Waals surface area (Å²) in [4.78, 5) is 12.4. The van der Waals surface area contributed by atoms with Crippen LogP contribution in [0.2, 0.25) is 0 Å². The van der Waals surface area contributed by atoms with Gasteiger partial charge in [-0.1, -0.05) is 18.2 Å². The van der Waals surface area contributed by atoms with Gasteiger partial charge >= 0.3 is 0 Å². The third kappa shape index (κ3) is 3.56. The van der Waals surface area contributed by atoms with Crippen molar-refractivity contribution in [3.8, 4) is 17.2 Å². The molecule has 3 aromatic rings. The highest BCUT2D eigenvalue weighted by atomic mass is 19.1. The standard InChI is InChI=1S/C19H15FN4O/c1-12(13-2-5-17(20)6-3-13)24-19(25)14-4-7-18(15(8-14)9-21)16-10-22-23-11-16/h2-8,10-12H,1H3,(H,22,23)(H,24,25)/t12-/m1/s1.